The average Bonchev–Trinajstić information content (AvgIpc) is 2.58. The first-order valence-corrected chi connectivity index (χ1v) is 9.49. The van der Waals surface area contributed by atoms with E-state index in [2.05, 4.69) is 17.7 Å². The fourth-order valence-corrected chi connectivity index (χ4v) is 4.53. The SMILES string of the molecule is CCCC[C@H]1CC[C@H]([C@H]2CC[C@H](C=CC(=O)OC)CC2)CC1. The lowest BCUT2D eigenvalue weighted by atomic mass is 9.68. The number of hydrogen-bond acceptors (Lipinski definition) is 2. The van der Waals surface area contributed by atoms with Crippen LogP contribution in [-0.4, -0.2) is 13.1 Å². The molecule has 0 bridgehead atoms. The number of methoxy groups -OCH3 is 1. The largest absolute Gasteiger partial charge is 0.466 e. The molecule has 2 nitrogen and oxygen atoms in total. The van der Waals surface area contributed by atoms with E-state index in [1.54, 1.807) is 6.08 Å². The standard InChI is InChI=1S/C20H34O2/c1-3-4-5-16-6-11-18(12-7-16)19-13-8-17(9-14-19)10-15-20(21)22-2/h10,15-19H,3-9,11-14H2,1-2H3/t16-,17-,18-,19-. The minimum Gasteiger partial charge on any atom is -0.466 e. The second-order valence-corrected chi connectivity index (χ2v) is 7.48. The molecule has 0 radical (unpaired) electrons. The van der Waals surface area contributed by atoms with Crippen LogP contribution in [0, 0.1) is 23.7 Å². The van der Waals surface area contributed by atoms with Crippen LogP contribution in [0.4, 0.5) is 0 Å². The topological polar surface area (TPSA) is 26.3 Å². The van der Waals surface area contributed by atoms with Crippen molar-refractivity contribution >= 4 is 5.97 Å². The molecule has 0 saturated heterocycles. The molecule has 0 atom stereocenters. The molecule has 0 aromatic rings. The number of allylic oxidation sites excluding steroid dienone is 1. The average molecular weight is 306 g/mol. The van der Waals surface area contributed by atoms with Gasteiger partial charge in [0, 0.05) is 6.08 Å². The van der Waals surface area contributed by atoms with Gasteiger partial charge < -0.3 is 4.74 Å². The minimum atomic E-state index is -0.215. The van der Waals surface area contributed by atoms with E-state index >= 15 is 0 Å². The summed E-state index contributed by atoms with van der Waals surface area (Å²) in [5.41, 5.74) is 0. The first kappa shape index (κ1) is 17.6. The van der Waals surface area contributed by atoms with Crippen molar-refractivity contribution in [2.75, 3.05) is 7.11 Å². The monoisotopic (exact) mass is 306 g/mol. The summed E-state index contributed by atoms with van der Waals surface area (Å²) < 4.78 is 4.67. The highest BCUT2D eigenvalue weighted by Gasteiger charge is 2.30. The quantitative estimate of drug-likeness (QED) is 0.477. The fourth-order valence-electron chi connectivity index (χ4n) is 4.53. The van der Waals surface area contributed by atoms with Gasteiger partial charge >= 0.3 is 5.97 Å². The van der Waals surface area contributed by atoms with Gasteiger partial charge in [0.1, 0.15) is 0 Å². The van der Waals surface area contributed by atoms with Gasteiger partial charge in [-0.25, -0.2) is 4.79 Å². The van der Waals surface area contributed by atoms with Gasteiger partial charge in [-0.2, -0.15) is 0 Å². The molecule has 2 aliphatic carbocycles. The summed E-state index contributed by atoms with van der Waals surface area (Å²) in [6.07, 6.45) is 19.1. The Morgan fingerprint density at radius 3 is 2.14 bits per heavy atom. The molecule has 126 valence electrons. The molecule has 0 aliphatic heterocycles. The van der Waals surface area contributed by atoms with Gasteiger partial charge in [-0.1, -0.05) is 45.1 Å². The number of esters is 1. The van der Waals surface area contributed by atoms with Crippen molar-refractivity contribution in [1.82, 2.24) is 0 Å². The Hall–Kier alpha value is -0.790. The van der Waals surface area contributed by atoms with E-state index < -0.39 is 0 Å². The number of carbonyl (C=O) groups is 1. The summed E-state index contributed by atoms with van der Waals surface area (Å²) >= 11 is 0. The molecular formula is C20H34O2. The Balaban J connectivity index is 1.67. The second kappa shape index (κ2) is 9.37. The zero-order valence-electron chi connectivity index (χ0n) is 14.6. The van der Waals surface area contributed by atoms with E-state index in [-0.39, 0.29) is 5.97 Å². The van der Waals surface area contributed by atoms with Crippen molar-refractivity contribution in [3.63, 3.8) is 0 Å². The maximum atomic E-state index is 11.2. The number of carbonyl (C=O) groups excluding carboxylic acids is 1. The number of hydrogen-bond donors (Lipinski definition) is 0. The van der Waals surface area contributed by atoms with Crippen LogP contribution in [0.25, 0.3) is 0 Å². The van der Waals surface area contributed by atoms with Crippen molar-refractivity contribution < 1.29 is 9.53 Å². The molecule has 0 amide bonds. The van der Waals surface area contributed by atoms with Gasteiger partial charge in [-0.05, 0) is 62.2 Å². The third-order valence-corrected chi connectivity index (χ3v) is 6.05. The van der Waals surface area contributed by atoms with Gasteiger partial charge in [0.2, 0.25) is 0 Å². The van der Waals surface area contributed by atoms with Crippen LogP contribution >= 0.6 is 0 Å². The summed E-state index contributed by atoms with van der Waals surface area (Å²) in [5.74, 6) is 3.35. The molecule has 0 heterocycles. The Bertz CT molecular complexity index is 345. The first-order chi connectivity index (χ1) is 10.7. The van der Waals surface area contributed by atoms with E-state index in [0.29, 0.717) is 5.92 Å². The van der Waals surface area contributed by atoms with Gasteiger partial charge in [0.25, 0.3) is 0 Å². The van der Waals surface area contributed by atoms with E-state index in [4.69, 9.17) is 0 Å². The number of rotatable bonds is 6. The summed E-state index contributed by atoms with van der Waals surface area (Å²) in [6, 6.07) is 0. The van der Waals surface area contributed by atoms with E-state index in [0.717, 1.165) is 17.8 Å². The zero-order chi connectivity index (χ0) is 15.8. The molecule has 0 unspecified atom stereocenters. The maximum absolute atomic E-state index is 11.2. The smallest absolute Gasteiger partial charge is 0.330 e. The third kappa shape index (κ3) is 5.44. The Labute approximate surface area is 136 Å². The summed E-state index contributed by atoms with van der Waals surface area (Å²) in [6.45, 7) is 2.30. The predicted molar refractivity (Wildman–Crippen MR) is 91.6 cm³/mol. The van der Waals surface area contributed by atoms with E-state index in [9.17, 15) is 4.79 Å². The minimum absolute atomic E-state index is 0.215. The molecule has 2 rings (SSSR count). The summed E-state index contributed by atoms with van der Waals surface area (Å²) in [5, 5.41) is 0. The van der Waals surface area contributed by atoms with Crippen LogP contribution in [0.2, 0.25) is 0 Å². The maximum Gasteiger partial charge on any atom is 0.330 e. The first-order valence-electron chi connectivity index (χ1n) is 9.49. The van der Waals surface area contributed by atoms with Gasteiger partial charge in [0.15, 0.2) is 0 Å². The summed E-state index contributed by atoms with van der Waals surface area (Å²) in [4.78, 5) is 11.2. The highest BCUT2D eigenvalue weighted by Crippen LogP contribution is 2.42. The molecule has 2 fully saturated rings. The lowest BCUT2D eigenvalue weighted by Gasteiger charge is -2.37. The molecule has 2 aliphatic rings. The highest BCUT2D eigenvalue weighted by molar-refractivity contribution is 5.81. The fraction of sp³-hybridized carbons (Fsp3) is 0.850. The van der Waals surface area contributed by atoms with E-state index in [1.165, 1.54) is 77.7 Å². The zero-order valence-corrected chi connectivity index (χ0v) is 14.6. The Morgan fingerprint density at radius 2 is 1.59 bits per heavy atom. The third-order valence-electron chi connectivity index (χ3n) is 6.05. The Kier molecular flexibility index (Phi) is 7.48. The van der Waals surface area contributed by atoms with Crippen LogP contribution in [0.5, 0.6) is 0 Å². The molecule has 0 aromatic heterocycles. The molecule has 22 heavy (non-hydrogen) atoms. The lowest BCUT2D eigenvalue weighted by Crippen LogP contribution is -2.25. The van der Waals surface area contributed by atoms with Crippen molar-refractivity contribution in [1.29, 1.82) is 0 Å². The summed E-state index contributed by atoms with van der Waals surface area (Å²) in [7, 11) is 1.44. The van der Waals surface area contributed by atoms with Crippen molar-refractivity contribution in [3.05, 3.63) is 12.2 Å². The van der Waals surface area contributed by atoms with Crippen LogP contribution in [0.3, 0.4) is 0 Å². The highest BCUT2D eigenvalue weighted by atomic mass is 16.5. The van der Waals surface area contributed by atoms with Crippen LogP contribution in [0.15, 0.2) is 12.2 Å². The number of unbranched alkanes of at least 4 members (excludes halogenated alkanes) is 1. The van der Waals surface area contributed by atoms with Gasteiger partial charge in [-0.15, -0.1) is 0 Å². The lowest BCUT2D eigenvalue weighted by molar-refractivity contribution is -0.134. The molecular weight excluding hydrogens is 272 g/mol. The van der Waals surface area contributed by atoms with Crippen LogP contribution in [-0.2, 0) is 9.53 Å². The predicted octanol–water partition coefficient (Wildman–Crippen LogP) is 5.52. The van der Waals surface area contributed by atoms with Crippen molar-refractivity contribution in [2.45, 2.75) is 77.6 Å². The van der Waals surface area contributed by atoms with Gasteiger partial charge in [-0.3, -0.25) is 0 Å². The van der Waals surface area contributed by atoms with Crippen LogP contribution in [0.1, 0.15) is 77.6 Å². The van der Waals surface area contributed by atoms with Gasteiger partial charge in [0.05, 0.1) is 7.11 Å². The van der Waals surface area contributed by atoms with E-state index in [1.807, 2.05) is 0 Å². The normalized spacial score (nSPS) is 33.0. The second-order valence-electron chi connectivity index (χ2n) is 7.48. The van der Waals surface area contributed by atoms with Crippen molar-refractivity contribution in [3.8, 4) is 0 Å². The number of ether oxygens (including phenoxy) is 1. The van der Waals surface area contributed by atoms with Crippen molar-refractivity contribution in [2.24, 2.45) is 23.7 Å². The molecule has 0 aromatic carbocycles. The van der Waals surface area contributed by atoms with Crippen LogP contribution < -0.4 is 0 Å². The Morgan fingerprint density at radius 1 is 1.00 bits per heavy atom. The molecule has 2 saturated carbocycles. The molecule has 0 N–H and O–H groups in total. The molecule has 0 spiro atoms. The molecule has 2 heteroatoms.